The van der Waals surface area contributed by atoms with Crippen LogP contribution in [0.15, 0.2) is 163 Å². The first kappa shape index (κ1) is 54.2. The quantitative estimate of drug-likeness (QED) is 0.0450. The van der Waals surface area contributed by atoms with Gasteiger partial charge in [-0.25, -0.2) is 14.8 Å². The molecule has 8 aromatic rings. The minimum Gasteiger partial charge on any atom is -0.493 e. The van der Waals surface area contributed by atoms with Gasteiger partial charge in [-0.15, -0.1) is 0 Å². The van der Waals surface area contributed by atoms with Crippen LogP contribution in [0.25, 0.3) is 85.8 Å². The van der Waals surface area contributed by atoms with Crippen LogP contribution < -0.4 is 14.4 Å². The fraction of sp³-hybridized carbons (Fsp3) is 0.229. The zero-order valence-electron chi connectivity index (χ0n) is 46.1. The van der Waals surface area contributed by atoms with Crippen molar-refractivity contribution in [2.24, 2.45) is 11.8 Å². The van der Waals surface area contributed by atoms with Gasteiger partial charge >= 0.3 is 5.97 Å². The Balaban J connectivity index is 1.23. The number of nitrogens with one attached hydrogen (secondary N) is 2. The van der Waals surface area contributed by atoms with E-state index in [-0.39, 0.29) is 5.57 Å². The van der Waals surface area contributed by atoms with E-state index >= 15 is 0 Å². The van der Waals surface area contributed by atoms with Crippen LogP contribution in [0.4, 0.5) is 17.1 Å². The number of nitriles is 1. The summed E-state index contributed by atoms with van der Waals surface area (Å²) in [6, 6.07) is 55.3. The molecule has 2 aliphatic rings. The minimum atomic E-state index is -1.28. The van der Waals surface area contributed by atoms with Crippen molar-refractivity contribution in [3.8, 4) is 50.9 Å². The largest absolute Gasteiger partial charge is 0.493 e. The number of H-pyrrole nitrogens is 2. The summed E-state index contributed by atoms with van der Waals surface area (Å²) < 4.78 is 13.0. The lowest BCUT2D eigenvalue weighted by Crippen LogP contribution is -2.13. The monoisotopic (exact) mass is 1060 g/mol. The zero-order chi connectivity index (χ0) is 55.4. The maximum Gasteiger partial charge on any atom is 0.346 e. The highest BCUT2D eigenvalue weighted by molar-refractivity contribution is 6.01. The van der Waals surface area contributed by atoms with E-state index in [1.165, 1.54) is 31.8 Å². The number of carboxylic acids is 1. The highest BCUT2D eigenvalue weighted by atomic mass is 16.5. The normalized spacial score (nSPS) is 12.7. The van der Waals surface area contributed by atoms with Crippen molar-refractivity contribution in [2.45, 2.75) is 79.1 Å². The number of aromatic amines is 2. The van der Waals surface area contributed by atoms with Gasteiger partial charge in [-0.2, -0.15) is 5.26 Å². The Hall–Kier alpha value is -9.20. The van der Waals surface area contributed by atoms with Crippen molar-refractivity contribution in [1.29, 1.82) is 5.26 Å². The maximum atomic E-state index is 11.8. The average Bonchev–Trinajstić information content (AvgIpc) is 4.38. The van der Waals surface area contributed by atoms with E-state index in [1.807, 2.05) is 60.7 Å². The number of aromatic nitrogens is 4. The second-order valence-electron chi connectivity index (χ2n) is 20.6. The number of carboxylic acid groups (broad SMARTS) is 1. The van der Waals surface area contributed by atoms with Crippen LogP contribution in [0.1, 0.15) is 107 Å². The zero-order valence-corrected chi connectivity index (χ0v) is 46.1. The number of fused-ring (bicyclic) bond motifs is 8. The van der Waals surface area contributed by atoms with Gasteiger partial charge in [-0.1, -0.05) is 151 Å². The summed E-state index contributed by atoms with van der Waals surface area (Å²) in [4.78, 5) is 32.9. The molecule has 2 atom stereocenters. The number of unbranched alkanes of at least 4 members (excludes halogenated alkanes) is 2. The molecule has 3 aromatic heterocycles. The molecule has 0 saturated heterocycles. The Bertz CT molecular complexity index is 3660. The van der Waals surface area contributed by atoms with Crippen LogP contribution in [-0.4, -0.2) is 44.2 Å². The molecular formula is C70H68N6O4. The second-order valence-corrected chi connectivity index (χ2v) is 20.6. The summed E-state index contributed by atoms with van der Waals surface area (Å²) in [5, 5.41) is 19.1. The third kappa shape index (κ3) is 12.2. The topological polar surface area (TPSA) is 140 Å². The summed E-state index contributed by atoms with van der Waals surface area (Å²) in [6.07, 6.45) is 18.9. The molecule has 10 heteroatoms. The van der Waals surface area contributed by atoms with Gasteiger partial charge in [0.25, 0.3) is 0 Å². The van der Waals surface area contributed by atoms with Crippen LogP contribution >= 0.6 is 0 Å². The Labute approximate surface area is 469 Å². The number of rotatable bonds is 22. The van der Waals surface area contributed by atoms with E-state index in [1.54, 1.807) is 6.07 Å². The minimum absolute atomic E-state index is 0.344. The number of hydrogen-bond donors (Lipinski definition) is 3. The first-order chi connectivity index (χ1) is 39.2. The SMILES string of the molecule is CCCCC(CC)COc1ccc(N(c2ccc(OCC(CC)CCCC)cc2)c2c3nc(c(-c4ccccc4)c4ccc([nH]4)c(-c4ccc(/C=C(/C#N)C(=O)O)cc4)c4nc(c(-c5ccccc5)c5ccc2[nH]5)C=C4)C=C3)cc1. The van der Waals surface area contributed by atoms with E-state index in [9.17, 15) is 15.2 Å². The predicted molar refractivity (Wildman–Crippen MR) is 329 cm³/mol. The predicted octanol–water partition coefficient (Wildman–Crippen LogP) is 18.3. The van der Waals surface area contributed by atoms with Crippen LogP contribution in [0, 0.1) is 23.2 Å². The number of hydrogen-bond acceptors (Lipinski definition) is 7. The summed E-state index contributed by atoms with van der Waals surface area (Å²) in [5.74, 6) is 1.38. The van der Waals surface area contributed by atoms with Crippen LogP contribution in [0.3, 0.4) is 0 Å². The number of aliphatic carboxylic acids is 1. The van der Waals surface area contributed by atoms with E-state index in [2.05, 4.69) is 164 Å². The Morgan fingerprint density at radius 3 is 1.39 bits per heavy atom. The van der Waals surface area contributed by atoms with Gasteiger partial charge in [0.15, 0.2) is 0 Å². The number of nitrogens with zero attached hydrogens (tertiary/aromatic N) is 4. The molecule has 0 saturated carbocycles. The van der Waals surface area contributed by atoms with Gasteiger partial charge < -0.3 is 29.4 Å². The molecule has 0 radical (unpaired) electrons. The highest BCUT2D eigenvalue weighted by Gasteiger charge is 2.24. The molecule has 402 valence electrons. The molecule has 0 fully saturated rings. The fourth-order valence-corrected chi connectivity index (χ4v) is 10.6. The smallest absolute Gasteiger partial charge is 0.346 e. The third-order valence-electron chi connectivity index (χ3n) is 15.2. The third-order valence-corrected chi connectivity index (χ3v) is 15.2. The number of carbonyl (C=O) groups is 1. The van der Waals surface area contributed by atoms with Gasteiger partial charge in [0, 0.05) is 44.6 Å². The van der Waals surface area contributed by atoms with Crippen molar-refractivity contribution < 1.29 is 19.4 Å². The summed E-state index contributed by atoms with van der Waals surface area (Å²) in [6.45, 7) is 10.3. The summed E-state index contributed by atoms with van der Waals surface area (Å²) >= 11 is 0. The van der Waals surface area contributed by atoms with Crippen molar-refractivity contribution in [1.82, 2.24) is 19.9 Å². The summed E-state index contributed by atoms with van der Waals surface area (Å²) in [7, 11) is 0. The van der Waals surface area contributed by atoms with Gasteiger partial charge in [0.05, 0.1) is 47.2 Å². The Morgan fingerprint density at radius 2 is 0.963 bits per heavy atom. The molecule has 0 amide bonds. The van der Waals surface area contributed by atoms with Crippen LogP contribution in [0.5, 0.6) is 11.5 Å². The summed E-state index contributed by atoms with van der Waals surface area (Å²) in [5.41, 5.74) is 14.9. The number of ether oxygens (including phenoxy) is 2. The number of benzene rings is 5. The molecule has 5 heterocycles. The molecule has 10 rings (SSSR count). The molecule has 3 N–H and O–H groups in total. The van der Waals surface area contributed by atoms with E-state index in [4.69, 9.17) is 19.4 Å². The van der Waals surface area contributed by atoms with Crippen LogP contribution in [0.2, 0.25) is 0 Å². The highest BCUT2D eigenvalue weighted by Crippen LogP contribution is 2.43. The van der Waals surface area contributed by atoms with Crippen molar-refractivity contribution in [3.63, 3.8) is 0 Å². The van der Waals surface area contributed by atoms with Gasteiger partial charge in [0.1, 0.15) is 23.1 Å². The van der Waals surface area contributed by atoms with Crippen molar-refractivity contribution in [3.05, 3.63) is 192 Å². The molecular weight excluding hydrogens is 989 g/mol. The average molecular weight is 1060 g/mol. The van der Waals surface area contributed by atoms with Crippen molar-refractivity contribution in [2.75, 3.05) is 18.1 Å². The van der Waals surface area contributed by atoms with Gasteiger partial charge in [0.2, 0.25) is 0 Å². The van der Waals surface area contributed by atoms with Crippen LogP contribution in [-0.2, 0) is 4.79 Å². The van der Waals surface area contributed by atoms with Gasteiger partial charge in [-0.3, -0.25) is 0 Å². The standard InChI is InChI=1S/C70H68N6O4/c1-5-9-17-47(7-3)45-79-56-31-27-54(28-32-56)76(55-29-33-57(34-30-55)80-46-48(8-4)18-10-6-2)69-64-41-39-62(74-64)66(50-19-13-11-14-20-50)58-35-37-60(72-58)68(52-25-23-49(24-26-52)43-53(44-71)70(77)78)61-38-36-59(73-61)67(51-21-15-12-16-22-51)63-40-42-65(69)75-63/h11-16,19-43,47-48,72,75H,5-10,17-18,45-46H2,1-4H3,(H,77,78)/b53-43-,66-58?,66-62?,67-59?,67-63?,68-60?,68-61?,69-64?,69-65?. The molecule has 2 unspecified atom stereocenters. The Morgan fingerprint density at radius 1 is 0.550 bits per heavy atom. The van der Waals surface area contributed by atoms with Gasteiger partial charge in [-0.05, 0) is 150 Å². The Kier molecular flexibility index (Phi) is 17.3. The lowest BCUT2D eigenvalue weighted by molar-refractivity contribution is -0.132. The molecule has 5 aromatic carbocycles. The first-order valence-corrected chi connectivity index (χ1v) is 28.2. The molecule has 0 aliphatic carbocycles. The molecule has 0 spiro atoms. The lowest BCUT2D eigenvalue weighted by atomic mass is 10.0. The number of anilines is 3. The lowest BCUT2D eigenvalue weighted by Gasteiger charge is -2.27. The molecule has 80 heavy (non-hydrogen) atoms. The van der Waals surface area contributed by atoms with E-state index in [0.29, 0.717) is 30.6 Å². The maximum absolute atomic E-state index is 11.8. The first-order valence-electron chi connectivity index (χ1n) is 28.2. The molecule has 10 nitrogen and oxygen atoms in total. The fourth-order valence-electron chi connectivity index (χ4n) is 10.6. The second kappa shape index (κ2) is 25.5. The van der Waals surface area contributed by atoms with Crippen molar-refractivity contribution >= 4 is 75.5 Å². The molecule has 8 bridgehead atoms. The van der Waals surface area contributed by atoms with E-state index < -0.39 is 5.97 Å². The van der Waals surface area contributed by atoms with E-state index in [0.717, 1.165) is 132 Å². The molecule has 2 aliphatic heterocycles.